The zero-order chi connectivity index (χ0) is 18.7. The van der Waals surface area contributed by atoms with Crippen LogP contribution in [0.1, 0.15) is 43.5 Å². The smallest absolute Gasteiger partial charge is 0.241 e. The van der Waals surface area contributed by atoms with Gasteiger partial charge in [-0.1, -0.05) is 31.5 Å². The highest BCUT2D eigenvalue weighted by molar-refractivity contribution is 7.89. The minimum absolute atomic E-state index is 0.272. The Hall–Kier alpha value is -1.77. The number of nitrogens with one attached hydrogen (secondary N) is 2. The normalized spacial score (nSPS) is 16.3. The van der Waals surface area contributed by atoms with Crippen molar-refractivity contribution in [3.63, 3.8) is 0 Å². The van der Waals surface area contributed by atoms with Gasteiger partial charge in [-0.15, -0.1) is 10.2 Å². The van der Waals surface area contributed by atoms with E-state index in [1.54, 1.807) is 24.3 Å². The second kappa shape index (κ2) is 7.85. The van der Waals surface area contributed by atoms with Crippen molar-refractivity contribution in [2.75, 3.05) is 13.1 Å². The molecular formula is C18H27N5O2S. The van der Waals surface area contributed by atoms with Crippen LogP contribution in [0.15, 0.2) is 29.2 Å². The van der Waals surface area contributed by atoms with Crippen LogP contribution in [0.25, 0.3) is 0 Å². The molecule has 0 fully saturated rings. The fourth-order valence-electron chi connectivity index (χ4n) is 3.20. The molecule has 1 unspecified atom stereocenters. The average Bonchev–Trinajstić information content (AvgIpc) is 2.82. The lowest BCUT2D eigenvalue weighted by atomic mass is 10.0. The fourth-order valence-corrected chi connectivity index (χ4v) is 4.41. The topological polar surface area (TPSA) is 88.9 Å². The molecule has 142 valence electrons. The second-order valence-corrected chi connectivity index (χ2v) is 8.96. The van der Waals surface area contributed by atoms with E-state index in [2.05, 4.69) is 38.7 Å². The molecule has 0 spiro atoms. The summed E-state index contributed by atoms with van der Waals surface area (Å²) in [5.41, 5.74) is 1.03. The van der Waals surface area contributed by atoms with Crippen LogP contribution in [0.3, 0.4) is 0 Å². The number of sulfonamides is 1. The number of aryl methyl sites for hydroxylation is 1. The van der Waals surface area contributed by atoms with Gasteiger partial charge in [0.2, 0.25) is 10.0 Å². The molecular weight excluding hydrogens is 350 g/mol. The van der Waals surface area contributed by atoms with Crippen molar-refractivity contribution in [2.45, 2.75) is 51.1 Å². The van der Waals surface area contributed by atoms with Crippen LogP contribution in [0.5, 0.6) is 0 Å². The van der Waals surface area contributed by atoms with Gasteiger partial charge in [-0.2, -0.15) is 0 Å². The monoisotopic (exact) mass is 377 g/mol. The molecule has 3 rings (SSSR count). The van der Waals surface area contributed by atoms with Gasteiger partial charge < -0.3 is 9.88 Å². The van der Waals surface area contributed by atoms with E-state index >= 15 is 0 Å². The molecule has 0 radical (unpaired) electrons. The Bertz CT molecular complexity index is 843. The summed E-state index contributed by atoms with van der Waals surface area (Å²) in [7, 11) is -3.63. The third kappa shape index (κ3) is 4.31. The standard InChI is InChI=1S/C18H27N5O2S/c1-13(2)12-16(18-21-20-17-8-9-19-10-11-23(17)18)22-26(24,25)15-6-4-14(3)5-7-15/h4-7,13,16,19,22H,8-12H2,1-3H3. The Labute approximate surface area is 155 Å². The second-order valence-electron chi connectivity index (χ2n) is 7.24. The highest BCUT2D eigenvalue weighted by Crippen LogP contribution is 2.24. The third-order valence-corrected chi connectivity index (χ3v) is 6.03. The lowest BCUT2D eigenvalue weighted by Crippen LogP contribution is -2.32. The third-order valence-electron chi connectivity index (χ3n) is 4.54. The van der Waals surface area contributed by atoms with Crippen molar-refractivity contribution >= 4 is 10.0 Å². The number of hydrogen-bond acceptors (Lipinski definition) is 5. The Morgan fingerprint density at radius 3 is 2.62 bits per heavy atom. The Balaban J connectivity index is 1.92. The molecule has 26 heavy (non-hydrogen) atoms. The van der Waals surface area contributed by atoms with Gasteiger partial charge in [0.15, 0.2) is 5.82 Å². The van der Waals surface area contributed by atoms with Crippen LogP contribution in [0.4, 0.5) is 0 Å². The molecule has 2 heterocycles. The van der Waals surface area contributed by atoms with Crippen molar-refractivity contribution in [1.82, 2.24) is 24.8 Å². The Kier molecular flexibility index (Phi) is 5.74. The number of rotatable bonds is 6. The number of aromatic nitrogens is 3. The molecule has 0 amide bonds. The number of benzene rings is 1. The molecule has 1 aliphatic heterocycles. The van der Waals surface area contributed by atoms with Gasteiger partial charge in [0, 0.05) is 26.1 Å². The van der Waals surface area contributed by atoms with E-state index in [0.717, 1.165) is 37.4 Å². The largest absolute Gasteiger partial charge is 0.315 e. The van der Waals surface area contributed by atoms with E-state index in [4.69, 9.17) is 0 Å². The molecule has 8 heteroatoms. The molecule has 2 aromatic rings. The maximum Gasteiger partial charge on any atom is 0.241 e. The predicted molar refractivity (Wildman–Crippen MR) is 100 cm³/mol. The maximum absolute atomic E-state index is 12.9. The quantitative estimate of drug-likeness (QED) is 0.801. The maximum atomic E-state index is 12.9. The van der Waals surface area contributed by atoms with E-state index in [1.807, 2.05) is 6.92 Å². The zero-order valence-electron chi connectivity index (χ0n) is 15.6. The Morgan fingerprint density at radius 1 is 1.19 bits per heavy atom. The van der Waals surface area contributed by atoms with E-state index < -0.39 is 16.1 Å². The van der Waals surface area contributed by atoms with Crippen molar-refractivity contribution in [1.29, 1.82) is 0 Å². The SMILES string of the molecule is Cc1ccc(S(=O)(=O)NC(CC(C)C)c2nnc3n2CCNCC3)cc1. The van der Waals surface area contributed by atoms with Gasteiger partial charge in [-0.3, -0.25) is 0 Å². The van der Waals surface area contributed by atoms with Crippen molar-refractivity contribution in [3.05, 3.63) is 41.5 Å². The number of hydrogen-bond donors (Lipinski definition) is 2. The van der Waals surface area contributed by atoms with Gasteiger partial charge in [0.05, 0.1) is 10.9 Å². The summed E-state index contributed by atoms with van der Waals surface area (Å²) in [6, 6.07) is 6.48. The van der Waals surface area contributed by atoms with Crippen LogP contribution in [0, 0.1) is 12.8 Å². The highest BCUT2D eigenvalue weighted by Gasteiger charge is 2.28. The number of fused-ring (bicyclic) bond motifs is 1. The van der Waals surface area contributed by atoms with Gasteiger partial charge in [-0.25, -0.2) is 13.1 Å². The predicted octanol–water partition coefficient (Wildman–Crippen LogP) is 1.80. The molecule has 2 N–H and O–H groups in total. The van der Waals surface area contributed by atoms with Crippen LogP contribution < -0.4 is 10.0 Å². The summed E-state index contributed by atoms with van der Waals surface area (Å²) in [6.07, 6.45) is 1.46. The summed E-state index contributed by atoms with van der Waals surface area (Å²) in [5.74, 6) is 1.93. The van der Waals surface area contributed by atoms with E-state index in [9.17, 15) is 8.42 Å². The molecule has 0 saturated heterocycles. The van der Waals surface area contributed by atoms with Gasteiger partial charge >= 0.3 is 0 Å². The van der Waals surface area contributed by atoms with Crippen molar-refractivity contribution in [3.8, 4) is 0 Å². The molecule has 7 nitrogen and oxygen atoms in total. The van der Waals surface area contributed by atoms with E-state index in [-0.39, 0.29) is 4.90 Å². The first-order chi connectivity index (χ1) is 12.4. The van der Waals surface area contributed by atoms with Crippen LogP contribution in [-0.2, 0) is 23.0 Å². The first-order valence-corrected chi connectivity index (χ1v) is 10.6. The van der Waals surface area contributed by atoms with Crippen LogP contribution in [-0.4, -0.2) is 36.3 Å². The molecule has 0 saturated carbocycles. The first-order valence-electron chi connectivity index (χ1n) is 9.08. The van der Waals surface area contributed by atoms with Crippen LogP contribution >= 0.6 is 0 Å². The zero-order valence-corrected chi connectivity index (χ0v) is 16.4. The minimum atomic E-state index is -3.63. The summed E-state index contributed by atoms with van der Waals surface area (Å²) < 4.78 is 30.7. The van der Waals surface area contributed by atoms with Gasteiger partial charge in [-0.05, 0) is 31.4 Å². The summed E-state index contributed by atoms with van der Waals surface area (Å²) >= 11 is 0. The minimum Gasteiger partial charge on any atom is -0.315 e. The van der Waals surface area contributed by atoms with Gasteiger partial charge in [0.1, 0.15) is 5.82 Å². The first kappa shape index (κ1) is 19.0. The summed E-state index contributed by atoms with van der Waals surface area (Å²) in [6.45, 7) is 8.53. The molecule has 1 aromatic carbocycles. The highest BCUT2D eigenvalue weighted by atomic mass is 32.2. The van der Waals surface area contributed by atoms with E-state index in [1.165, 1.54) is 0 Å². The number of nitrogens with zero attached hydrogens (tertiary/aromatic N) is 3. The Morgan fingerprint density at radius 2 is 1.92 bits per heavy atom. The summed E-state index contributed by atoms with van der Waals surface area (Å²) in [4.78, 5) is 0.272. The average molecular weight is 378 g/mol. The molecule has 0 aliphatic carbocycles. The fraction of sp³-hybridized carbons (Fsp3) is 0.556. The van der Waals surface area contributed by atoms with Crippen molar-refractivity contribution < 1.29 is 8.42 Å². The molecule has 1 atom stereocenters. The van der Waals surface area contributed by atoms with Crippen LogP contribution in [0.2, 0.25) is 0 Å². The molecule has 0 bridgehead atoms. The van der Waals surface area contributed by atoms with Crippen molar-refractivity contribution in [2.24, 2.45) is 5.92 Å². The van der Waals surface area contributed by atoms with Gasteiger partial charge in [0.25, 0.3) is 0 Å². The lowest BCUT2D eigenvalue weighted by Gasteiger charge is -2.21. The summed E-state index contributed by atoms with van der Waals surface area (Å²) in [5, 5.41) is 12.0. The molecule has 1 aliphatic rings. The lowest BCUT2D eigenvalue weighted by molar-refractivity contribution is 0.439. The van der Waals surface area contributed by atoms with E-state index in [0.29, 0.717) is 18.2 Å². The molecule has 1 aromatic heterocycles.